The Morgan fingerprint density at radius 2 is 2.13 bits per heavy atom. The maximum Gasteiger partial charge on any atom is 0.197 e. The lowest BCUT2D eigenvalue weighted by atomic mass is 10.0. The lowest BCUT2D eigenvalue weighted by molar-refractivity contribution is 0.0981. The summed E-state index contributed by atoms with van der Waals surface area (Å²) >= 11 is 0. The van der Waals surface area contributed by atoms with Crippen LogP contribution in [0.1, 0.15) is 32.3 Å². The first-order chi connectivity index (χ1) is 7.08. The molecule has 1 unspecified atom stereocenters. The Morgan fingerprint density at radius 1 is 1.40 bits per heavy atom. The van der Waals surface area contributed by atoms with Crippen molar-refractivity contribution in [2.45, 2.75) is 32.8 Å². The van der Waals surface area contributed by atoms with Gasteiger partial charge in [0.1, 0.15) is 12.7 Å². The predicted molar refractivity (Wildman–Crippen MR) is 56.1 cm³/mol. The summed E-state index contributed by atoms with van der Waals surface area (Å²) in [4.78, 5) is 0. The molecule has 0 aromatic heterocycles. The smallest absolute Gasteiger partial charge is 0.197 e. The van der Waals surface area contributed by atoms with E-state index in [1.165, 1.54) is 6.07 Å². The number of hydrogen-bond donors (Lipinski definition) is 0. The van der Waals surface area contributed by atoms with Crippen molar-refractivity contribution in [3.8, 4) is 11.5 Å². The summed E-state index contributed by atoms with van der Waals surface area (Å²) in [6.07, 6.45) is -0.0862. The minimum absolute atomic E-state index is 0.0862. The third-order valence-electron chi connectivity index (χ3n) is 2.49. The quantitative estimate of drug-likeness (QED) is 0.709. The molecule has 82 valence electrons. The summed E-state index contributed by atoms with van der Waals surface area (Å²) in [5.41, 5.74) is 0.935. The number of hydrogen-bond acceptors (Lipinski definition) is 2. The van der Waals surface area contributed by atoms with Crippen molar-refractivity contribution in [3.63, 3.8) is 0 Å². The summed E-state index contributed by atoms with van der Waals surface area (Å²) in [6, 6.07) is 3.37. The Labute approximate surface area is 89.0 Å². The van der Waals surface area contributed by atoms with E-state index in [4.69, 9.17) is 9.47 Å². The first-order valence-corrected chi connectivity index (χ1v) is 5.21. The second-order valence-electron chi connectivity index (χ2n) is 4.22. The molecule has 0 spiro atoms. The van der Waals surface area contributed by atoms with Gasteiger partial charge in [-0.2, -0.15) is 0 Å². The molecule has 1 heterocycles. The van der Waals surface area contributed by atoms with Gasteiger partial charge in [0.15, 0.2) is 17.3 Å². The molecular weight excluding hydrogens is 195 g/mol. The van der Waals surface area contributed by atoms with Crippen molar-refractivity contribution >= 4 is 0 Å². The molecule has 0 bridgehead atoms. The molecule has 1 atom stereocenters. The highest BCUT2D eigenvalue weighted by molar-refractivity contribution is 5.46. The monoisotopic (exact) mass is 210 g/mol. The summed E-state index contributed by atoms with van der Waals surface area (Å²) in [6.45, 7) is 6.38. The SMILES string of the molecule is CC1COc2cc(C(C)C)cc(F)c2O1. The maximum absolute atomic E-state index is 13.7. The average Bonchev–Trinajstić information content (AvgIpc) is 2.18. The minimum Gasteiger partial charge on any atom is -0.486 e. The van der Waals surface area contributed by atoms with Crippen LogP contribution in [0.3, 0.4) is 0 Å². The van der Waals surface area contributed by atoms with Crippen molar-refractivity contribution in [2.75, 3.05) is 6.61 Å². The van der Waals surface area contributed by atoms with Gasteiger partial charge in [-0.3, -0.25) is 0 Å². The zero-order valence-electron chi connectivity index (χ0n) is 9.21. The Hall–Kier alpha value is -1.25. The molecule has 15 heavy (non-hydrogen) atoms. The normalized spacial score (nSPS) is 19.4. The van der Waals surface area contributed by atoms with Crippen molar-refractivity contribution in [3.05, 3.63) is 23.5 Å². The summed E-state index contributed by atoms with van der Waals surface area (Å²) in [7, 11) is 0. The minimum atomic E-state index is -0.331. The van der Waals surface area contributed by atoms with E-state index >= 15 is 0 Å². The van der Waals surface area contributed by atoms with Crippen LogP contribution in [0.15, 0.2) is 12.1 Å². The van der Waals surface area contributed by atoms with E-state index in [1.54, 1.807) is 0 Å². The Morgan fingerprint density at radius 3 is 2.80 bits per heavy atom. The van der Waals surface area contributed by atoms with Crippen LogP contribution < -0.4 is 9.47 Å². The van der Waals surface area contributed by atoms with E-state index in [2.05, 4.69) is 0 Å². The molecule has 0 N–H and O–H groups in total. The van der Waals surface area contributed by atoms with Crippen LogP contribution in [0, 0.1) is 5.82 Å². The van der Waals surface area contributed by atoms with Gasteiger partial charge in [-0.1, -0.05) is 13.8 Å². The van der Waals surface area contributed by atoms with Crippen molar-refractivity contribution < 1.29 is 13.9 Å². The van der Waals surface area contributed by atoms with Crippen LogP contribution in [-0.2, 0) is 0 Å². The molecule has 0 aliphatic carbocycles. The number of halogens is 1. The van der Waals surface area contributed by atoms with Crippen LogP contribution in [0.5, 0.6) is 11.5 Å². The molecule has 3 heteroatoms. The van der Waals surface area contributed by atoms with Gasteiger partial charge in [-0.05, 0) is 30.5 Å². The first-order valence-electron chi connectivity index (χ1n) is 5.21. The van der Waals surface area contributed by atoms with Crippen LogP contribution in [-0.4, -0.2) is 12.7 Å². The highest BCUT2D eigenvalue weighted by atomic mass is 19.1. The Balaban J connectivity index is 2.43. The van der Waals surface area contributed by atoms with Gasteiger partial charge in [-0.25, -0.2) is 4.39 Å². The molecule has 0 saturated carbocycles. The van der Waals surface area contributed by atoms with Gasteiger partial charge < -0.3 is 9.47 Å². The predicted octanol–water partition coefficient (Wildman–Crippen LogP) is 3.11. The largest absolute Gasteiger partial charge is 0.486 e. The fourth-order valence-corrected chi connectivity index (χ4v) is 1.59. The maximum atomic E-state index is 13.7. The van der Waals surface area contributed by atoms with Crippen LogP contribution in [0.2, 0.25) is 0 Å². The third kappa shape index (κ3) is 1.91. The summed E-state index contributed by atoms with van der Waals surface area (Å²) in [5.74, 6) is 0.727. The summed E-state index contributed by atoms with van der Waals surface area (Å²) < 4.78 is 24.5. The standard InChI is InChI=1S/C12H15FO2/c1-7(2)9-4-10(13)12-11(5-9)14-6-8(3)15-12/h4-5,7-8H,6H2,1-3H3. The lowest BCUT2D eigenvalue weighted by Crippen LogP contribution is -2.26. The van der Waals surface area contributed by atoms with E-state index in [1.807, 2.05) is 26.8 Å². The van der Waals surface area contributed by atoms with Crippen LogP contribution in [0.4, 0.5) is 4.39 Å². The number of ether oxygens (including phenoxy) is 2. The van der Waals surface area contributed by atoms with Crippen LogP contribution >= 0.6 is 0 Å². The topological polar surface area (TPSA) is 18.5 Å². The van der Waals surface area contributed by atoms with E-state index in [0.29, 0.717) is 12.4 Å². The zero-order valence-corrected chi connectivity index (χ0v) is 9.21. The highest BCUT2D eigenvalue weighted by Crippen LogP contribution is 2.37. The zero-order chi connectivity index (χ0) is 11.0. The number of fused-ring (bicyclic) bond motifs is 1. The van der Waals surface area contributed by atoms with E-state index in [9.17, 15) is 4.39 Å². The molecule has 1 aromatic carbocycles. The first kappa shape index (κ1) is 10.3. The van der Waals surface area contributed by atoms with Gasteiger partial charge in [0.25, 0.3) is 0 Å². The molecule has 0 saturated heterocycles. The van der Waals surface area contributed by atoms with Crippen molar-refractivity contribution in [1.29, 1.82) is 0 Å². The van der Waals surface area contributed by atoms with Gasteiger partial charge in [0, 0.05) is 0 Å². The highest BCUT2D eigenvalue weighted by Gasteiger charge is 2.22. The molecule has 0 radical (unpaired) electrons. The number of benzene rings is 1. The van der Waals surface area contributed by atoms with Gasteiger partial charge in [-0.15, -0.1) is 0 Å². The second kappa shape index (κ2) is 3.72. The fourth-order valence-electron chi connectivity index (χ4n) is 1.59. The average molecular weight is 210 g/mol. The number of rotatable bonds is 1. The van der Waals surface area contributed by atoms with Crippen molar-refractivity contribution in [2.24, 2.45) is 0 Å². The molecule has 1 aliphatic heterocycles. The van der Waals surface area contributed by atoms with E-state index < -0.39 is 0 Å². The second-order valence-corrected chi connectivity index (χ2v) is 4.22. The third-order valence-corrected chi connectivity index (χ3v) is 2.49. The molecular formula is C12H15FO2. The molecule has 2 nitrogen and oxygen atoms in total. The van der Waals surface area contributed by atoms with Gasteiger partial charge in [0.05, 0.1) is 0 Å². The molecule has 1 aromatic rings. The molecule has 1 aliphatic rings. The summed E-state index contributed by atoms with van der Waals surface area (Å²) in [5, 5.41) is 0. The van der Waals surface area contributed by atoms with Crippen molar-refractivity contribution in [1.82, 2.24) is 0 Å². The fraction of sp³-hybridized carbons (Fsp3) is 0.500. The lowest BCUT2D eigenvalue weighted by Gasteiger charge is -2.25. The van der Waals surface area contributed by atoms with E-state index in [-0.39, 0.29) is 23.6 Å². The Bertz CT molecular complexity index is 374. The van der Waals surface area contributed by atoms with Gasteiger partial charge in [0.2, 0.25) is 0 Å². The van der Waals surface area contributed by atoms with E-state index in [0.717, 1.165) is 5.56 Å². The molecule has 0 fully saturated rings. The van der Waals surface area contributed by atoms with Gasteiger partial charge >= 0.3 is 0 Å². The van der Waals surface area contributed by atoms with Crippen LogP contribution in [0.25, 0.3) is 0 Å². The Kier molecular flexibility index (Phi) is 2.55. The molecule has 2 rings (SSSR count). The molecule has 0 amide bonds.